The van der Waals surface area contributed by atoms with E-state index in [1.54, 1.807) is 18.2 Å². The van der Waals surface area contributed by atoms with Crippen molar-refractivity contribution >= 4 is 34.7 Å². The second kappa shape index (κ2) is 8.49. The summed E-state index contributed by atoms with van der Waals surface area (Å²) in [4.78, 5) is 0. The van der Waals surface area contributed by atoms with Crippen LogP contribution in [-0.4, -0.2) is 67.9 Å². The van der Waals surface area contributed by atoms with Crippen LogP contribution in [0.5, 0.6) is 0 Å². The van der Waals surface area contributed by atoms with Crippen molar-refractivity contribution in [1.82, 2.24) is 10.2 Å². The SMILES string of the molecule is CSc1nnc(Cc2cc([C@@H]3O[C@H](CO)[C@@H](O)[C@H](O)[C@H]3O)ccc2Cl)s1. The van der Waals surface area contributed by atoms with Crippen LogP contribution in [0, 0.1) is 0 Å². The lowest BCUT2D eigenvalue weighted by Gasteiger charge is -2.40. The third kappa shape index (κ3) is 4.05. The molecule has 1 fully saturated rings. The van der Waals surface area contributed by atoms with E-state index in [0.717, 1.165) is 14.9 Å². The van der Waals surface area contributed by atoms with Crippen molar-refractivity contribution in [3.05, 3.63) is 39.4 Å². The number of hydrogen-bond acceptors (Lipinski definition) is 9. The molecule has 1 aliphatic rings. The number of nitrogens with zero attached hydrogens (tertiary/aromatic N) is 2. The number of benzene rings is 1. The maximum Gasteiger partial charge on any atom is 0.174 e. The van der Waals surface area contributed by atoms with Gasteiger partial charge in [-0.25, -0.2) is 0 Å². The van der Waals surface area contributed by atoms with Gasteiger partial charge in [0, 0.05) is 11.4 Å². The fourth-order valence-corrected chi connectivity index (χ4v) is 4.36. The standard InChI is InChI=1S/C16H19ClN2O5S2/c1-25-16-19-18-11(26-16)5-8-4-7(2-3-9(8)17)15-14(23)13(22)12(21)10(6-20)24-15/h2-4,10,12-15,20-23H,5-6H2,1H3/t10-,12-,13+,14-,15+/m1/s1. The molecule has 4 N–H and O–H groups in total. The van der Waals surface area contributed by atoms with Crippen LogP contribution >= 0.6 is 34.7 Å². The monoisotopic (exact) mass is 418 g/mol. The lowest BCUT2D eigenvalue weighted by atomic mass is 9.90. The molecule has 2 heterocycles. The molecule has 3 rings (SSSR count). The van der Waals surface area contributed by atoms with E-state index in [4.69, 9.17) is 16.3 Å². The highest BCUT2D eigenvalue weighted by Gasteiger charge is 2.44. The summed E-state index contributed by atoms with van der Waals surface area (Å²) >= 11 is 9.28. The number of thioether (sulfide) groups is 1. The highest BCUT2D eigenvalue weighted by Crippen LogP contribution is 2.34. The molecule has 1 aromatic heterocycles. The number of halogens is 1. The van der Waals surface area contributed by atoms with Crippen LogP contribution in [0.3, 0.4) is 0 Å². The van der Waals surface area contributed by atoms with Crippen molar-refractivity contribution in [3.63, 3.8) is 0 Å². The summed E-state index contributed by atoms with van der Waals surface area (Å²) in [6, 6.07) is 5.14. The molecule has 0 amide bonds. The van der Waals surface area contributed by atoms with Crippen molar-refractivity contribution in [1.29, 1.82) is 0 Å². The Kier molecular flexibility index (Phi) is 6.52. The van der Waals surface area contributed by atoms with Crippen LogP contribution in [-0.2, 0) is 11.2 Å². The summed E-state index contributed by atoms with van der Waals surface area (Å²) in [5.41, 5.74) is 1.38. The van der Waals surface area contributed by atoms with E-state index < -0.39 is 37.1 Å². The Hall–Kier alpha value is -0.780. The predicted molar refractivity (Wildman–Crippen MR) is 98.7 cm³/mol. The van der Waals surface area contributed by atoms with Gasteiger partial charge in [0.25, 0.3) is 0 Å². The van der Waals surface area contributed by atoms with Crippen LogP contribution < -0.4 is 0 Å². The topological polar surface area (TPSA) is 116 Å². The number of aromatic nitrogens is 2. The van der Waals surface area contributed by atoms with Gasteiger partial charge >= 0.3 is 0 Å². The third-order valence-electron chi connectivity index (χ3n) is 4.26. The summed E-state index contributed by atoms with van der Waals surface area (Å²) in [6.45, 7) is -0.468. The Labute approximate surface area is 163 Å². The minimum absolute atomic E-state index is 0.468. The minimum Gasteiger partial charge on any atom is -0.394 e. The van der Waals surface area contributed by atoms with Crippen molar-refractivity contribution in [2.75, 3.05) is 12.9 Å². The van der Waals surface area contributed by atoms with Crippen molar-refractivity contribution in [2.45, 2.75) is 41.3 Å². The highest BCUT2D eigenvalue weighted by atomic mass is 35.5. The zero-order valence-corrected chi connectivity index (χ0v) is 16.2. The first-order valence-electron chi connectivity index (χ1n) is 7.89. The molecule has 142 valence electrons. The van der Waals surface area contributed by atoms with E-state index in [-0.39, 0.29) is 0 Å². The van der Waals surface area contributed by atoms with Crippen LogP contribution in [0.1, 0.15) is 22.2 Å². The van der Waals surface area contributed by atoms with E-state index in [1.165, 1.54) is 23.1 Å². The molecule has 2 aromatic rings. The van der Waals surface area contributed by atoms with Gasteiger partial charge in [-0.1, -0.05) is 46.8 Å². The van der Waals surface area contributed by atoms with E-state index in [2.05, 4.69) is 10.2 Å². The fourth-order valence-electron chi connectivity index (χ4n) is 2.84. The van der Waals surface area contributed by atoms with Gasteiger partial charge in [0.1, 0.15) is 35.5 Å². The molecule has 0 radical (unpaired) electrons. The van der Waals surface area contributed by atoms with Crippen molar-refractivity contribution in [2.24, 2.45) is 0 Å². The summed E-state index contributed by atoms with van der Waals surface area (Å²) in [5, 5.41) is 49.1. The minimum atomic E-state index is -1.42. The highest BCUT2D eigenvalue weighted by molar-refractivity contribution is 8.00. The van der Waals surface area contributed by atoms with Crippen LogP contribution in [0.2, 0.25) is 5.02 Å². The molecule has 0 bridgehead atoms. The molecule has 7 nitrogen and oxygen atoms in total. The summed E-state index contributed by atoms with van der Waals surface area (Å²) < 4.78 is 6.46. The second-order valence-electron chi connectivity index (χ2n) is 5.94. The Bertz CT molecular complexity index is 760. The molecule has 1 aromatic carbocycles. The van der Waals surface area contributed by atoms with Gasteiger partial charge in [-0.2, -0.15) is 0 Å². The van der Waals surface area contributed by atoms with Crippen LogP contribution in [0.4, 0.5) is 0 Å². The van der Waals surface area contributed by atoms with Gasteiger partial charge in [0.05, 0.1) is 6.61 Å². The zero-order valence-electron chi connectivity index (χ0n) is 13.8. The second-order valence-corrected chi connectivity index (χ2v) is 8.47. The largest absolute Gasteiger partial charge is 0.394 e. The Morgan fingerprint density at radius 2 is 1.96 bits per heavy atom. The lowest BCUT2D eigenvalue weighted by molar-refractivity contribution is -0.231. The van der Waals surface area contributed by atoms with E-state index in [9.17, 15) is 20.4 Å². The van der Waals surface area contributed by atoms with E-state index in [0.29, 0.717) is 17.0 Å². The van der Waals surface area contributed by atoms with Crippen LogP contribution in [0.15, 0.2) is 22.5 Å². The molecular formula is C16H19ClN2O5S2. The average Bonchev–Trinajstić information content (AvgIpc) is 3.10. The first kappa shape index (κ1) is 20.0. The Morgan fingerprint density at radius 3 is 2.62 bits per heavy atom. The Morgan fingerprint density at radius 1 is 1.19 bits per heavy atom. The van der Waals surface area contributed by atoms with Gasteiger partial charge < -0.3 is 25.2 Å². The fraction of sp³-hybridized carbons (Fsp3) is 0.500. The van der Waals surface area contributed by atoms with Gasteiger partial charge in [0.15, 0.2) is 4.34 Å². The zero-order chi connectivity index (χ0) is 18.8. The summed E-state index contributed by atoms with van der Waals surface area (Å²) in [6.07, 6.45) is -3.57. The quantitative estimate of drug-likeness (QED) is 0.532. The molecule has 1 saturated heterocycles. The van der Waals surface area contributed by atoms with Crippen molar-refractivity contribution < 1.29 is 25.2 Å². The molecule has 10 heteroatoms. The molecule has 0 aliphatic carbocycles. The first-order valence-corrected chi connectivity index (χ1v) is 10.3. The van der Waals surface area contributed by atoms with Gasteiger partial charge in [0.2, 0.25) is 0 Å². The normalized spacial score (nSPS) is 29.1. The molecular weight excluding hydrogens is 400 g/mol. The molecule has 26 heavy (non-hydrogen) atoms. The molecule has 0 unspecified atom stereocenters. The number of ether oxygens (including phenoxy) is 1. The maximum absolute atomic E-state index is 10.3. The molecule has 5 atom stereocenters. The van der Waals surface area contributed by atoms with E-state index >= 15 is 0 Å². The number of aliphatic hydroxyl groups is 4. The first-order chi connectivity index (χ1) is 12.4. The number of aliphatic hydroxyl groups excluding tert-OH is 4. The summed E-state index contributed by atoms with van der Waals surface area (Å²) in [5.74, 6) is 0. The Balaban J connectivity index is 1.86. The number of rotatable bonds is 5. The maximum atomic E-state index is 10.3. The predicted octanol–water partition coefficient (Wildman–Crippen LogP) is 1.02. The summed E-state index contributed by atoms with van der Waals surface area (Å²) in [7, 11) is 0. The van der Waals surface area contributed by atoms with Crippen molar-refractivity contribution in [3.8, 4) is 0 Å². The van der Waals surface area contributed by atoms with E-state index in [1.807, 2.05) is 6.26 Å². The third-order valence-corrected chi connectivity index (χ3v) is 6.52. The lowest BCUT2D eigenvalue weighted by Crippen LogP contribution is -2.55. The number of hydrogen-bond donors (Lipinski definition) is 4. The molecule has 0 saturated carbocycles. The van der Waals surface area contributed by atoms with Gasteiger partial charge in [-0.05, 0) is 23.4 Å². The molecule has 0 spiro atoms. The molecule has 1 aliphatic heterocycles. The van der Waals surface area contributed by atoms with Gasteiger partial charge in [-0.3, -0.25) is 0 Å². The van der Waals surface area contributed by atoms with Crippen LogP contribution in [0.25, 0.3) is 0 Å². The average molecular weight is 419 g/mol. The van der Waals surface area contributed by atoms with Gasteiger partial charge in [-0.15, -0.1) is 10.2 Å². The smallest absolute Gasteiger partial charge is 0.174 e.